The molecule has 4 rings (SSSR count). The average Bonchev–Trinajstić information content (AvgIpc) is 3.31. The minimum atomic E-state index is -0.106. The van der Waals surface area contributed by atoms with E-state index in [4.69, 9.17) is 10.5 Å². The number of hydrogen-bond donors (Lipinski definition) is 2. The van der Waals surface area contributed by atoms with Crippen LogP contribution in [0.15, 0.2) is 54.6 Å². The third-order valence-electron chi connectivity index (χ3n) is 5.33. The SMILES string of the molecule is COc1ccc(C2CN(C(=O)c3nc(-c4ccccc4)[nH]c3C)CC2N)cc1. The number of benzene rings is 2. The number of nitrogens with two attached hydrogens (primary N) is 1. The van der Waals surface area contributed by atoms with Crippen LogP contribution >= 0.6 is 0 Å². The zero-order chi connectivity index (χ0) is 19.7. The van der Waals surface area contributed by atoms with Gasteiger partial charge in [0.1, 0.15) is 17.3 Å². The first-order valence-electron chi connectivity index (χ1n) is 9.37. The smallest absolute Gasteiger partial charge is 0.274 e. The van der Waals surface area contributed by atoms with E-state index in [-0.39, 0.29) is 17.9 Å². The number of nitrogens with one attached hydrogen (secondary N) is 1. The first kappa shape index (κ1) is 18.3. The summed E-state index contributed by atoms with van der Waals surface area (Å²) in [7, 11) is 1.65. The van der Waals surface area contributed by atoms with Crippen molar-refractivity contribution in [3.8, 4) is 17.1 Å². The molecule has 0 saturated carbocycles. The fourth-order valence-electron chi connectivity index (χ4n) is 3.75. The van der Waals surface area contributed by atoms with E-state index in [1.807, 2.05) is 61.5 Å². The van der Waals surface area contributed by atoms with E-state index in [1.165, 1.54) is 0 Å². The van der Waals surface area contributed by atoms with Crippen LogP contribution in [-0.2, 0) is 0 Å². The van der Waals surface area contributed by atoms with Crippen molar-refractivity contribution in [1.29, 1.82) is 0 Å². The number of hydrogen-bond acceptors (Lipinski definition) is 4. The summed E-state index contributed by atoms with van der Waals surface area (Å²) in [5.74, 6) is 1.53. The molecule has 2 heterocycles. The van der Waals surface area contributed by atoms with Gasteiger partial charge in [-0.15, -0.1) is 0 Å². The Morgan fingerprint density at radius 1 is 1.14 bits per heavy atom. The molecule has 6 heteroatoms. The predicted octanol–water partition coefficient (Wildman–Crippen LogP) is 2.96. The fraction of sp³-hybridized carbons (Fsp3) is 0.273. The highest BCUT2D eigenvalue weighted by molar-refractivity contribution is 5.94. The predicted molar refractivity (Wildman–Crippen MR) is 108 cm³/mol. The number of likely N-dealkylation sites (tertiary alicyclic amines) is 1. The van der Waals surface area contributed by atoms with E-state index in [0.717, 1.165) is 22.6 Å². The lowest BCUT2D eigenvalue weighted by Gasteiger charge is -2.16. The number of aromatic nitrogens is 2. The highest BCUT2D eigenvalue weighted by atomic mass is 16.5. The summed E-state index contributed by atoms with van der Waals surface area (Å²) >= 11 is 0. The second-order valence-electron chi connectivity index (χ2n) is 7.18. The van der Waals surface area contributed by atoms with E-state index in [9.17, 15) is 4.79 Å². The van der Waals surface area contributed by atoms with Gasteiger partial charge in [-0.05, 0) is 24.6 Å². The Morgan fingerprint density at radius 2 is 1.86 bits per heavy atom. The molecule has 6 nitrogen and oxygen atoms in total. The largest absolute Gasteiger partial charge is 0.497 e. The Balaban J connectivity index is 1.53. The van der Waals surface area contributed by atoms with Crippen LogP contribution in [0.1, 0.15) is 27.7 Å². The molecule has 0 aliphatic carbocycles. The van der Waals surface area contributed by atoms with Crippen LogP contribution < -0.4 is 10.5 Å². The molecule has 1 aliphatic rings. The maximum Gasteiger partial charge on any atom is 0.274 e. The molecule has 1 aromatic heterocycles. The van der Waals surface area contributed by atoms with Gasteiger partial charge in [-0.3, -0.25) is 4.79 Å². The highest BCUT2D eigenvalue weighted by Gasteiger charge is 2.35. The quantitative estimate of drug-likeness (QED) is 0.733. The number of ether oxygens (including phenoxy) is 1. The van der Waals surface area contributed by atoms with Crippen molar-refractivity contribution in [2.24, 2.45) is 5.73 Å². The Hall–Kier alpha value is -3.12. The van der Waals surface area contributed by atoms with Gasteiger partial charge in [0, 0.05) is 36.3 Å². The van der Waals surface area contributed by atoms with Crippen LogP contribution in [0, 0.1) is 6.92 Å². The number of carbonyl (C=O) groups excluding carboxylic acids is 1. The standard InChI is InChI=1S/C22H24N4O2/c1-14-20(25-21(24-14)16-6-4-3-5-7-16)22(27)26-12-18(19(23)13-26)15-8-10-17(28-2)11-9-15/h3-11,18-19H,12-13,23H2,1-2H3,(H,24,25). The van der Waals surface area contributed by atoms with Gasteiger partial charge in [0.2, 0.25) is 0 Å². The molecule has 144 valence electrons. The van der Waals surface area contributed by atoms with Gasteiger partial charge in [-0.25, -0.2) is 4.98 Å². The molecule has 1 aliphatic heterocycles. The Bertz CT molecular complexity index is 966. The van der Waals surface area contributed by atoms with Gasteiger partial charge in [0.05, 0.1) is 7.11 Å². The molecule has 2 unspecified atom stereocenters. The van der Waals surface area contributed by atoms with Crippen LogP contribution in [-0.4, -0.2) is 47.0 Å². The minimum absolute atomic E-state index is 0.0811. The zero-order valence-corrected chi connectivity index (χ0v) is 16.1. The molecule has 2 aromatic carbocycles. The molecule has 0 radical (unpaired) electrons. The molecule has 2 atom stereocenters. The van der Waals surface area contributed by atoms with Crippen molar-refractivity contribution in [3.63, 3.8) is 0 Å². The third-order valence-corrected chi connectivity index (χ3v) is 5.33. The average molecular weight is 376 g/mol. The Labute approximate surface area is 164 Å². The Kier molecular flexibility index (Phi) is 4.88. The van der Waals surface area contributed by atoms with Crippen molar-refractivity contribution in [1.82, 2.24) is 14.9 Å². The molecule has 3 N–H and O–H groups in total. The number of aryl methyl sites for hydroxylation is 1. The van der Waals surface area contributed by atoms with Crippen LogP contribution in [0.2, 0.25) is 0 Å². The van der Waals surface area contributed by atoms with Crippen LogP contribution in [0.3, 0.4) is 0 Å². The van der Waals surface area contributed by atoms with Crippen molar-refractivity contribution in [3.05, 3.63) is 71.5 Å². The van der Waals surface area contributed by atoms with Gasteiger partial charge in [0.25, 0.3) is 5.91 Å². The number of carbonyl (C=O) groups is 1. The maximum atomic E-state index is 13.1. The van der Waals surface area contributed by atoms with Crippen molar-refractivity contribution < 1.29 is 9.53 Å². The lowest BCUT2D eigenvalue weighted by atomic mass is 9.95. The minimum Gasteiger partial charge on any atom is -0.497 e. The first-order valence-corrected chi connectivity index (χ1v) is 9.37. The lowest BCUT2D eigenvalue weighted by Crippen LogP contribution is -2.32. The number of H-pyrrole nitrogens is 1. The van der Waals surface area contributed by atoms with Crippen LogP contribution in [0.5, 0.6) is 5.75 Å². The molecule has 1 amide bonds. The van der Waals surface area contributed by atoms with Crippen molar-refractivity contribution in [2.45, 2.75) is 18.9 Å². The number of aromatic amines is 1. The highest BCUT2D eigenvalue weighted by Crippen LogP contribution is 2.29. The summed E-state index contributed by atoms with van der Waals surface area (Å²) in [6.07, 6.45) is 0. The molecular weight excluding hydrogens is 352 g/mol. The summed E-state index contributed by atoms with van der Waals surface area (Å²) in [5, 5.41) is 0. The maximum absolute atomic E-state index is 13.1. The van der Waals surface area contributed by atoms with E-state index >= 15 is 0 Å². The second-order valence-corrected chi connectivity index (χ2v) is 7.18. The van der Waals surface area contributed by atoms with E-state index in [0.29, 0.717) is 24.6 Å². The number of methoxy groups -OCH3 is 1. The molecule has 1 saturated heterocycles. The van der Waals surface area contributed by atoms with Gasteiger partial charge in [0.15, 0.2) is 0 Å². The van der Waals surface area contributed by atoms with Crippen LogP contribution in [0.25, 0.3) is 11.4 Å². The first-order chi connectivity index (χ1) is 13.6. The summed E-state index contributed by atoms with van der Waals surface area (Å²) in [4.78, 5) is 22.7. The molecule has 3 aromatic rings. The number of rotatable bonds is 4. The summed E-state index contributed by atoms with van der Waals surface area (Å²) in [6.45, 7) is 2.98. The summed E-state index contributed by atoms with van der Waals surface area (Å²) < 4.78 is 5.22. The molecular formula is C22H24N4O2. The van der Waals surface area contributed by atoms with Gasteiger partial charge < -0.3 is 20.4 Å². The topological polar surface area (TPSA) is 84.2 Å². The van der Waals surface area contributed by atoms with Gasteiger partial charge >= 0.3 is 0 Å². The Morgan fingerprint density at radius 3 is 2.54 bits per heavy atom. The number of nitrogens with zero attached hydrogens (tertiary/aromatic N) is 2. The summed E-state index contributed by atoms with van der Waals surface area (Å²) in [6, 6.07) is 17.6. The van der Waals surface area contributed by atoms with Gasteiger partial charge in [-0.1, -0.05) is 42.5 Å². The van der Waals surface area contributed by atoms with Gasteiger partial charge in [-0.2, -0.15) is 0 Å². The lowest BCUT2D eigenvalue weighted by molar-refractivity contribution is 0.0783. The summed E-state index contributed by atoms with van der Waals surface area (Å²) in [5.41, 5.74) is 9.67. The zero-order valence-electron chi connectivity index (χ0n) is 16.1. The van der Waals surface area contributed by atoms with E-state index < -0.39 is 0 Å². The van der Waals surface area contributed by atoms with E-state index in [2.05, 4.69) is 9.97 Å². The van der Waals surface area contributed by atoms with E-state index in [1.54, 1.807) is 12.0 Å². The molecule has 1 fully saturated rings. The molecule has 28 heavy (non-hydrogen) atoms. The number of amides is 1. The van der Waals surface area contributed by atoms with Crippen LogP contribution in [0.4, 0.5) is 0 Å². The fourth-order valence-corrected chi connectivity index (χ4v) is 3.75. The number of imidazole rings is 1. The monoisotopic (exact) mass is 376 g/mol. The van der Waals surface area contributed by atoms with Crippen molar-refractivity contribution >= 4 is 5.91 Å². The van der Waals surface area contributed by atoms with Crippen molar-refractivity contribution in [2.75, 3.05) is 20.2 Å². The normalized spacial score (nSPS) is 19.0. The third kappa shape index (κ3) is 3.39. The molecule has 0 bridgehead atoms. The second kappa shape index (κ2) is 7.48. The molecule has 0 spiro atoms.